The minimum atomic E-state index is 1.10. The van der Waals surface area contributed by atoms with E-state index in [1.54, 1.807) is 0 Å². The van der Waals surface area contributed by atoms with Crippen molar-refractivity contribution in [2.45, 2.75) is 20.8 Å². The van der Waals surface area contributed by atoms with E-state index in [2.05, 4.69) is 225 Å². The predicted molar refractivity (Wildman–Crippen MR) is 268 cm³/mol. The van der Waals surface area contributed by atoms with Crippen LogP contribution in [0.4, 0.5) is 34.1 Å². The van der Waals surface area contributed by atoms with E-state index in [1.807, 2.05) is 40.9 Å². The van der Waals surface area contributed by atoms with E-state index in [4.69, 9.17) is 0 Å². The SMILES string of the molecule is Cc1ccccc1.Cc1ccccc1-c1cc(N(c2ccccc2)c2ccc3c(c2)sc2ccccc23)cc(N(c2ccccc2)c2ccc3c(c2)sc2ccccc23)c1C. The first-order valence-electron chi connectivity index (χ1n) is 20.8. The number of hydrogen-bond acceptors (Lipinski definition) is 4. The van der Waals surface area contributed by atoms with Gasteiger partial charge in [0.05, 0.1) is 5.69 Å². The van der Waals surface area contributed by atoms with Gasteiger partial charge in [0.25, 0.3) is 0 Å². The maximum atomic E-state index is 2.45. The Hall–Kier alpha value is -6.98. The molecule has 0 amide bonds. The molecule has 0 aliphatic heterocycles. The van der Waals surface area contributed by atoms with Gasteiger partial charge in [0.1, 0.15) is 0 Å². The first-order valence-corrected chi connectivity index (χ1v) is 22.4. The highest BCUT2D eigenvalue weighted by molar-refractivity contribution is 7.26. The Morgan fingerprint density at radius 1 is 0.311 bits per heavy atom. The van der Waals surface area contributed by atoms with Gasteiger partial charge in [-0.25, -0.2) is 0 Å². The molecular formula is C57H44N2S2. The van der Waals surface area contributed by atoms with Crippen LogP contribution in [0.15, 0.2) is 212 Å². The molecule has 2 nitrogen and oxygen atoms in total. The molecule has 294 valence electrons. The van der Waals surface area contributed by atoms with Crippen molar-refractivity contribution >= 4 is 97.1 Å². The molecular weight excluding hydrogens is 777 g/mol. The lowest BCUT2D eigenvalue weighted by Crippen LogP contribution is -2.15. The zero-order valence-electron chi connectivity index (χ0n) is 34.4. The topological polar surface area (TPSA) is 6.48 Å². The second-order valence-electron chi connectivity index (χ2n) is 15.5. The number of benzene rings is 9. The van der Waals surface area contributed by atoms with Gasteiger partial charge in [-0.15, -0.1) is 22.7 Å². The molecule has 0 aliphatic carbocycles. The number of aryl methyl sites for hydroxylation is 2. The second kappa shape index (κ2) is 16.6. The Kier molecular flexibility index (Phi) is 10.4. The summed E-state index contributed by atoms with van der Waals surface area (Å²) in [6.45, 7) is 6.58. The van der Waals surface area contributed by atoms with Gasteiger partial charge in [-0.1, -0.05) is 145 Å². The molecule has 0 radical (unpaired) electrons. The Morgan fingerprint density at radius 3 is 1.31 bits per heavy atom. The molecule has 0 aliphatic rings. The van der Waals surface area contributed by atoms with E-state index < -0.39 is 0 Å². The Labute approximate surface area is 365 Å². The summed E-state index contributed by atoms with van der Waals surface area (Å²) >= 11 is 3.72. The lowest BCUT2D eigenvalue weighted by molar-refractivity contribution is 1.23. The molecule has 0 saturated carbocycles. The molecule has 4 heteroatoms. The number of thiophene rings is 2. The van der Waals surface area contributed by atoms with Crippen LogP contribution in [0.2, 0.25) is 0 Å². The third-order valence-corrected chi connectivity index (χ3v) is 13.8. The van der Waals surface area contributed by atoms with Crippen LogP contribution in [0.25, 0.3) is 51.5 Å². The Balaban J connectivity index is 0.000000581. The standard InChI is InChI=1S/C50H36N2S2.C7H8/c1-33-15-9-10-20-40(33)45-29-39(51(35-16-5-3-6-17-35)37-25-27-43-41-21-11-13-23-47(41)53-49(43)31-37)30-46(34(45)2)52(36-18-7-4-8-19-36)38-26-28-44-42-22-12-14-24-48(42)54-50(44)32-38;1-7-5-3-2-4-6-7/h3-32H,1-2H3;2-6H,1H3. The van der Waals surface area contributed by atoms with Gasteiger partial charge in [0.2, 0.25) is 0 Å². The van der Waals surface area contributed by atoms with Crippen molar-refractivity contribution in [3.05, 3.63) is 229 Å². The highest BCUT2D eigenvalue weighted by Crippen LogP contribution is 2.48. The molecule has 0 fully saturated rings. The fourth-order valence-electron chi connectivity index (χ4n) is 8.47. The molecule has 0 spiro atoms. The summed E-state index contributed by atoms with van der Waals surface area (Å²) in [6.07, 6.45) is 0. The van der Waals surface area contributed by atoms with Crippen LogP contribution in [-0.2, 0) is 0 Å². The van der Waals surface area contributed by atoms with Crippen molar-refractivity contribution < 1.29 is 0 Å². The third-order valence-electron chi connectivity index (χ3n) is 11.5. The first-order chi connectivity index (χ1) is 30.0. The maximum absolute atomic E-state index is 2.45. The van der Waals surface area contributed by atoms with E-state index in [9.17, 15) is 0 Å². The van der Waals surface area contributed by atoms with Crippen LogP contribution in [-0.4, -0.2) is 0 Å². The molecule has 11 rings (SSSR count). The van der Waals surface area contributed by atoms with Crippen molar-refractivity contribution in [2.24, 2.45) is 0 Å². The summed E-state index contributed by atoms with van der Waals surface area (Å²) < 4.78 is 5.18. The molecule has 9 aromatic carbocycles. The van der Waals surface area contributed by atoms with Gasteiger partial charge >= 0.3 is 0 Å². The van der Waals surface area contributed by atoms with Gasteiger partial charge < -0.3 is 9.80 Å². The van der Waals surface area contributed by atoms with Crippen molar-refractivity contribution in [3.63, 3.8) is 0 Å². The fourth-order valence-corrected chi connectivity index (χ4v) is 10.7. The average molecular weight is 821 g/mol. The van der Waals surface area contributed by atoms with E-state index in [0.717, 1.165) is 34.1 Å². The predicted octanol–water partition coefficient (Wildman–Crippen LogP) is 17.6. The van der Waals surface area contributed by atoms with E-state index in [-0.39, 0.29) is 0 Å². The van der Waals surface area contributed by atoms with Crippen LogP contribution in [0, 0.1) is 20.8 Å². The van der Waals surface area contributed by atoms with Gasteiger partial charge in [0.15, 0.2) is 0 Å². The summed E-state index contributed by atoms with van der Waals surface area (Å²) in [6, 6.07) is 76.8. The van der Waals surface area contributed by atoms with Crippen LogP contribution in [0.5, 0.6) is 0 Å². The van der Waals surface area contributed by atoms with Crippen LogP contribution < -0.4 is 9.80 Å². The van der Waals surface area contributed by atoms with Crippen molar-refractivity contribution in [3.8, 4) is 11.1 Å². The normalized spacial score (nSPS) is 11.2. The molecule has 11 aromatic rings. The average Bonchev–Trinajstić information content (AvgIpc) is 3.87. The summed E-state index contributed by atoms with van der Waals surface area (Å²) in [7, 11) is 0. The van der Waals surface area contributed by atoms with E-state index in [0.29, 0.717) is 0 Å². The van der Waals surface area contributed by atoms with Crippen LogP contribution >= 0.6 is 22.7 Å². The zero-order valence-corrected chi connectivity index (χ0v) is 36.1. The highest BCUT2D eigenvalue weighted by atomic mass is 32.1. The third kappa shape index (κ3) is 7.46. The highest BCUT2D eigenvalue weighted by Gasteiger charge is 2.23. The zero-order chi connectivity index (χ0) is 41.3. The smallest absolute Gasteiger partial charge is 0.0517 e. The Bertz CT molecular complexity index is 3290. The van der Waals surface area contributed by atoms with Crippen molar-refractivity contribution in [2.75, 3.05) is 9.80 Å². The number of hydrogen-bond donors (Lipinski definition) is 0. The lowest BCUT2D eigenvalue weighted by Gasteiger charge is -2.32. The number of anilines is 6. The van der Waals surface area contributed by atoms with E-state index in [1.165, 1.54) is 68.2 Å². The molecule has 0 atom stereocenters. The second-order valence-corrected chi connectivity index (χ2v) is 17.7. The molecule has 0 N–H and O–H groups in total. The minimum absolute atomic E-state index is 1.10. The minimum Gasteiger partial charge on any atom is -0.310 e. The molecule has 61 heavy (non-hydrogen) atoms. The quantitative estimate of drug-likeness (QED) is 0.158. The number of fused-ring (bicyclic) bond motifs is 6. The van der Waals surface area contributed by atoms with Crippen LogP contribution in [0.1, 0.15) is 16.7 Å². The number of para-hydroxylation sites is 2. The Morgan fingerprint density at radius 2 is 0.770 bits per heavy atom. The van der Waals surface area contributed by atoms with Crippen molar-refractivity contribution in [1.82, 2.24) is 0 Å². The van der Waals surface area contributed by atoms with Crippen LogP contribution in [0.3, 0.4) is 0 Å². The largest absolute Gasteiger partial charge is 0.310 e. The number of nitrogens with zero attached hydrogens (tertiary/aromatic N) is 2. The first kappa shape index (κ1) is 38.2. The lowest BCUT2D eigenvalue weighted by atomic mass is 9.93. The monoisotopic (exact) mass is 820 g/mol. The fraction of sp³-hybridized carbons (Fsp3) is 0.0526. The molecule has 2 heterocycles. The summed E-state index contributed by atoms with van der Waals surface area (Å²) in [5, 5.41) is 5.21. The summed E-state index contributed by atoms with van der Waals surface area (Å²) in [4.78, 5) is 4.87. The maximum Gasteiger partial charge on any atom is 0.0517 e. The summed E-state index contributed by atoms with van der Waals surface area (Å²) in [5.41, 5.74) is 13.0. The van der Waals surface area contributed by atoms with E-state index >= 15 is 0 Å². The molecule has 2 aromatic heterocycles. The van der Waals surface area contributed by atoms with Crippen molar-refractivity contribution in [1.29, 1.82) is 0 Å². The van der Waals surface area contributed by atoms with Gasteiger partial charge in [-0.05, 0) is 116 Å². The molecule has 0 saturated heterocycles. The summed E-state index contributed by atoms with van der Waals surface area (Å²) in [5.74, 6) is 0. The number of rotatable bonds is 7. The van der Waals surface area contributed by atoms with Gasteiger partial charge in [-0.3, -0.25) is 0 Å². The van der Waals surface area contributed by atoms with Gasteiger partial charge in [0, 0.05) is 68.8 Å². The molecule has 0 unspecified atom stereocenters. The molecule has 0 bridgehead atoms. The van der Waals surface area contributed by atoms with Gasteiger partial charge in [-0.2, -0.15) is 0 Å².